The summed E-state index contributed by atoms with van der Waals surface area (Å²) in [5.74, 6) is 1.47. The van der Waals surface area contributed by atoms with Gasteiger partial charge in [-0.15, -0.1) is 0 Å². The van der Waals surface area contributed by atoms with Gasteiger partial charge in [-0.25, -0.2) is 0 Å². The summed E-state index contributed by atoms with van der Waals surface area (Å²) in [5, 5.41) is 0. The number of hydrogen-bond acceptors (Lipinski definition) is 1. The van der Waals surface area contributed by atoms with Crippen molar-refractivity contribution in [1.82, 2.24) is 0 Å². The predicted molar refractivity (Wildman–Crippen MR) is 83.1 cm³/mol. The fourth-order valence-electron chi connectivity index (χ4n) is 3.20. The Morgan fingerprint density at radius 3 is 2.86 bits per heavy atom. The number of para-hydroxylation sites is 1. The zero-order valence-corrected chi connectivity index (χ0v) is 12.1. The molecule has 1 aliphatic heterocycles. The van der Waals surface area contributed by atoms with Crippen LogP contribution in [-0.2, 0) is 6.73 Å². The number of aromatic nitrogens is 1. The molecule has 1 unspecified atom stereocenters. The number of pyridine rings is 1. The zero-order chi connectivity index (χ0) is 14.2. The van der Waals surface area contributed by atoms with E-state index >= 15 is 0 Å². The van der Waals surface area contributed by atoms with E-state index in [-0.39, 0.29) is 0 Å². The van der Waals surface area contributed by atoms with Crippen LogP contribution in [0.4, 0.5) is 0 Å². The van der Waals surface area contributed by atoms with Gasteiger partial charge in [-0.1, -0.05) is 36.4 Å². The van der Waals surface area contributed by atoms with Gasteiger partial charge < -0.3 is 4.74 Å². The highest BCUT2D eigenvalue weighted by atomic mass is 16.5. The second-order valence-electron chi connectivity index (χ2n) is 5.63. The Balaban J connectivity index is 1.87. The highest BCUT2D eigenvalue weighted by Gasteiger charge is 2.28. The third kappa shape index (κ3) is 1.99. The summed E-state index contributed by atoms with van der Waals surface area (Å²) in [6.45, 7) is 2.72. The third-order valence-electron chi connectivity index (χ3n) is 4.35. The molecule has 2 nitrogen and oxygen atoms in total. The van der Waals surface area contributed by atoms with E-state index in [1.165, 1.54) is 22.5 Å². The number of aryl methyl sites for hydroxylation is 1. The smallest absolute Gasteiger partial charge is 0.292 e. The Labute approximate surface area is 125 Å². The lowest BCUT2D eigenvalue weighted by molar-refractivity contribution is -0.722. The second-order valence-corrected chi connectivity index (χ2v) is 5.63. The second kappa shape index (κ2) is 4.88. The Morgan fingerprint density at radius 2 is 2.00 bits per heavy atom. The van der Waals surface area contributed by atoms with Gasteiger partial charge in [0, 0.05) is 30.5 Å². The predicted octanol–water partition coefficient (Wildman–Crippen LogP) is 3.90. The van der Waals surface area contributed by atoms with Crippen molar-refractivity contribution in [2.24, 2.45) is 0 Å². The van der Waals surface area contributed by atoms with Gasteiger partial charge in [0.1, 0.15) is 5.75 Å². The molecular weight excluding hydrogens is 258 g/mol. The minimum Gasteiger partial charge on any atom is -0.435 e. The van der Waals surface area contributed by atoms with Gasteiger partial charge in [0.05, 0.1) is 5.56 Å². The molecule has 2 heterocycles. The van der Waals surface area contributed by atoms with Gasteiger partial charge in [-0.05, 0) is 18.6 Å². The van der Waals surface area contributed by atoms with Crippen LogP contribution in [0.5, 0.6) is 5.75 Å². The molecule has 1 aromatic carbocycles. The average Bonchev–Trinajstić information content (AvgIpc) is 2.55. The van der Waals surface area contributed by atoms with Crippen LogP contribution in [0.3, 0.4) is 0 Å². The minimum atomic E-state index is 0.418. The van der Waals surface area contributed by atoms with Crippen LogP contribution < -0.4 is 9.30 Å². The van der Waals surface area contributed by atoms with Crippen LogP contribution >= 0.6 is 0 Å². The molecular formula is C19H18NO+. The van der Waals surface area contributed by atoms with E-state index < -0.39 is 0 Å². The van der Waals surface area contributed by atoms with Crippen molar-refractivity contribution < 1.29 is 9.30 Å². The molecule has 0 spiro atoms. The van der Waals surface area contributed by atoms with E-state index in [2.05, 4.69) is 72.2 Å². The number of fused-ring (bicyclic) bond motifs is 3. The third-order valence-corrected chi connectivity index (χ3v) is 4.35. The Morgan fingerprint density at radius 1 is 1.10 bits per heavy atom. The topological polar surface area (TPSA) is 13.1 Å². The Bertz CT molecular complexity index is 758. The van der Waals surface area contributed by atoms with Crippen LogP contribution in [0.1, 0.15) is 23.6 Å². The lowest BCUT2D eigenvalue weighted by Gasteiger charge is -2.23. The van der Waals surface area contributed by atoms with Gasteiger partial charge >= 0.3 is 0 Å². The summed E-state index contributed by atoms with van der Waals surface area (Å²) >= 11 is 0. The van der Waals surface area contributed by atoms with Crippen LogP contribution in [-0.4, -0.2) is 0 Å². The number of rotatable bonds is 1. The van der Waals surface area contributed by atoms with E-state index in [1.807, 2.05) is 0 Å². The minimum absolute atomic E-state index is 0.418. The molecule has 2 aliphatic rings. The fraction of sp³-hybridized carbons (Fsp3) is 0.211. The van der Waals surface area contributed by atoms with Gasteiger partial charge in [-0.3, -0.25) is 0 Å². The largest absolute Gasteiger partial charge is 0.435 e. The summed E-state index contributed by atoms with van der Waals surface area (Å²) in [6.07, 6.45) is 9.77. The maximum Gasteiger partial charge on any atom is 0.292 e. The first-order valence-electron chi connectivity index (χ1n) is 7.43. The maximum absolute atomic E-state index is 6.12. The molecule has 104 valence electrons. The van der Waals surface area contributed by atoms with E-state index in [0.717, 1.165) is 12.2 Å². The SMILES string of the molecule is Cc1cccc2[n+]1COc1c-2cccc1C1C=CC=CC1. The number of benzene rings is 1. The van der Waals surface area contributed by atoms with Crippen molar-refractivity contribution in [3.05, 3.63) is 72.0 Å². The first kappa shape index (κ1) is 12.4. The molecule has 0 saturated heterocycles. The van der Waals surface area contributed by atoms with Gasteiger partial charge in [0.15, 0.2) is 5.69 Å². The molecule has 0 fully saturated rings. The quantitative estimate of drug-likeness (QED) is 0.720. The average molecular weight is 276 g/mol. The first-order valence-corrected chi connectivity index (χ1v) is 7.43. The standard InChI is InChI=1S/C19H18NO/c1-14-7-5-12-18-17-11-6-10-16(15-8-3-2-4-9-15)19(17)21-13-20(14)18/h2-8,10-12,15H,9,13H2,1H3/q+1. The summed E-state index contributed by atoms with van der Waals surface area (Å²) in [5.41, 5.74) is 4.96. The lowest BCUT2D eigenvalue weighted by atomic mass is 9.89. The van der Waals surface area contributed by atoms with Crippen LogP contribution in [0, 0.1) is 6.92 Å². The normalized spacial score (nSPS) is 18.8. The molecule has 21 heavy (non-hydrogen) atoms. The molecule has 0 radical (unpaired) electrons. The molecule has 1 aromatic heterocycles. The van der Waals surface area contributed by atoms with Crippen molar-refractivity contribution in [3.63, 3.8) is 0 Å². The molecule has 1 atom stereocenters. The zero-order valence-electron chi connectivity index (χ0n) is 12.1. The number of allylic oxidation sites excluding steroid dienone is 4. The van der Waals surface area contributed by atoms with E-state index in [4.69, 9.17) is 4.74 Å². The lowest BCUT2D eigenvalue weighted by Crippen LogP contribution is -2.44. The molecule has 0 N–H and O–H groups in total. The van der Waals surface area contributed by atoms with Crippen LogP contribution in [0.2, 0.25) is 0 Å². The molecule has 1 aliphatic carbocycles. The van der Waals surface area contributed by atoms with E-state index in [1.54, 1.807) is 0 Å². The van der Waals surface area contributed by atoms with Crippen LogP contribution in [0.15, 0.2) is 60.7 Å². The van der Waals surface area contributed by atoms with E-state index in [9.17, 15) is 0 Å². The fourth-order valence-corrected chi connectivity index (χ4v) is 3.20. The summed E-state index contributed by atoms with van der Waals surface area (Å²) in [7, 11) is 0. The summed E-state index contributed by atoms with van der Waals surface area (Å²) in [4.78, 5) is 0. The molecule has 0 amide bonds. The van der Waals surface area contributed by atoms with Crippen molar-refractivity contribution in [1.29, 1.82) is 0 Å². The van der Waals surface area contributed by atoms with Crippen molar-refractivity contribution in [2.75, 3.05) is 0 Å². The summed E-state index contributed by atoms with van der Waals surface area (Å²) in [6, 6.07) is 12.9. The highest BCUT2D eigenvalue weighted by molar-refractivity contribution is 5.68. The van der Waals surface area contributed by atoms with Gasteiger partial charge in [0.2, 0.25) is 5.69 Å². The number of ether oxygens (including phenoxy) is 1. The van der Waals surface area contributed by atoms with E-state index in [0.29, 0.717) is 12.6 Å². The maximum atomic E-state index is 6.12. The molecule has 4 rings (SSSR count). The molecule has 0 saturated carbocycles. The van der Waals surface area contributed by atoms with Crippen molar-refractivity contribution in [3.8, 4) is 17.0 Å². The first-order chi connectivity index (χ1) is 10.3. The Kier molecular flexibility index (Phi) is 2.88. The van der Waals surface area contributed by atoms with Gasteiger partial charge in [0.25, 0.3) is 6.73 Å². The highest BCUT2D eigenvalue weighted by Crippen LogP contribution is 2.40. The van der Waals surface area contributed by atoms with Crippen molar-refractivity contribution in [2.45, 2.75) is 26.0 Å². The molecule has 2 aromatic rings. The Hall–Kier alpha value is -2.35. The molecule has 2 heteroatoms. The molecule has 0 bridgehead atoms. The number of nitrogens with zero attached hydrogens (tertiary/aromatic N) is 1. The van der Waals surface area contributed by atoms with Crippen molar-refractivity contribution >= 4 is 0 Å². The van der Waals surface area contributed by atoms with Gasteiger partial charge in [-0.2, -0.15) is 4.57 Å². The van der Waals surface area contributed by atoms with Crippen LogP contribution in [0.25, 0.3) is 11.3 Å². The number of hydrogen-bond donors (Lipinski definition) is 0. The summed E-state index contributed by atoms with van der Waals surface area (Å²) < 4.78 is 8.35. The monoisotopic (exact) mass is 276 g/mol.